The van der Waals surface area contributed by atoms with Crippen molar-refractivity contribution in [3.8, 4) is 0 Å². The van der Waals surface area contributed by atoms with Crippen LogP contribution in [0.2, 0.25) is 0 Å². The van der Waals surface area contributed by atoms with Crippen molar-refractivity contribution in [2.45, 2.75) is 51.4 Å². The molecule has 0 heteroatoms. The van der Waals surface area contributed by atoms with Gasteiger partial charge in [0.15, 0.2) is 0 Å². The van der Waals surface area contributed by atoms with Gasteiger partial charge in [-0.1, -0.05) is 36.5 Å². The maximum absolute atomic E-state index is 2.35. The van der Waals surface area contributed by atoms with Crippen molar-refractivity contribution in [1.29, 1.82) is 0 Å². The Bertz CT molecular complexity index is 196. The van der Waals surface area contributed by atoms with E-state index in [2.05, 4.69) is 36.5 Å². The second-order valence-electron chi connectivity index (χ2n) is 3.87. The first-order chi connectivity index (χ1) is 7.00. The SMILES string of the molecule is C1=CCCCC=CCCCCC=CC1. The van der Waals surface area contributed by atoms with Crippen LogP contribution in [0.25, 0.3) is 0 Å². The monoisotopic (exact) mass is 190 g/mol. The summed E-state index contributed by atoms with van der Waals surface area (Å²) in [5.74, 6) is 0. The average Bonchev–Trinajstić information content (AvgIpc) is 2.22. The molecule has 0 aliphatic heterocycles. The van der Waals surface area contributed by atoms with Gasteiger partial charge in [0.2, 0.25) is 0 Å². The summed E-state index contributed by atoms with van der Waals surface area (Å²) in [6, 6.07) is 0. The van der Waals surface area contributed by atoms with Crippen molar-refractivity contribution in [3.63, 3.8) is 0 Å². The molecular weight excluding hydrogens is 168 g/mol. The Labute approximate surface area is 88.4 Å². The maximum atomic E-state index is 2.35. The van der Waals surface area contributed by atoms with E-state index in [1.165, 1.54) is 44.9 Å². The predicted molar refractivity (Wildman–Crippen MR) is 64.4 cm³/mol. The predicted octanol–water partition coefficient (Wildman–Crippen LogP) is 4.79. The molecule has 14 heavy (non-hydrogen) atoms. The molecule has 0 aromatic carbocycles. The highest BCUT2D eigenvalue weighted by atomic mass is 13.9. The zero-order valence-electron chi connectivity index (χ0n) is 9.12. The Morgan fingerprint density at radius 3 is 1.43 bits per heavy atom. The molecule has 0 amide bonds. The number of hydrogen-bond donors (Lipinski definition) is 0. The Morgan fingerprint density at radius 1 is 0.429 bits per heavy atom. The number of rotatable bonds is 0. The highest BCUT2D eigenvalue weighted by Gasteiger charge is 1.85. The fourth-order valence-electron chi connectivity index (χ4n) is 1.62. The zero-order chi connectivity index (χ0) is 9.90. The lowest BCUT2D eigenvalue weighted by Gasteiger charge is -1.95. The van der Waals surface area contributed by atoms with Crippen LogP contribution < -0.4 is 0 Å². The first-order valence-corrected chi connectivity index (χ1v) is 5.95. The molecule has 0 heterocycles. The van der Waals surface area contributed by atoms with Crippen molar-refractivity contribution in [2.75, 3.05) is 0 Å². The molecule has 0 atom stereocenters. The van der Waals surface area contributed by atoms with Crippen molar-refractivity contribution >= 4 is 0 Å². The summed E-state index contributed by atoms with van der Waals surface area (Å²) >= 11 is 0. The van der Waals surface area contributed by atoms with Crippen molar-refractivity contribution in [3.05, 3.63) is 36.5 Å². The van der Waals surface area contributed by atoms with Crippen LogP contribution in [0.4, 0.5) is 0 Å². The topological polar surface area (TPSA) is 0 Å². The lowest BCUT2D eigenvalue weighted by molar-refractivity contribution is 0.757. The number of allylic oxidation sites excluding steroid dienone is 6. The molecule has 1 aliphatic rings. The van der Waals surface area contributed by atoms with Gasteiger partial charge in [-0.15, -0.1) is 0 Å². The maximum Gasteiger partial charge on any atom is -0.0169 e. The highest BCUT2D eigenvalue weighted by Crippen LogP contribution is 2.05. The molecule has 0 nitrogen and oxygen atoms in total. The van der Waals surface area contributed by atoms with Crippen LogP contribution in [0.3, 0.4) is 0 Å². The third-order valence-corrected chi connectivity index (χ3v) is 2.51. The molecule has 1 aliphatic carbocycles. The van der Waals surface area contributed by atoms with Crippen LogP contribution in [-0.4, -0.2) is 0 Å². The molecule has 0 N–H and O–H groups in total. The normalized spacial score (nSPS) is 20.6. The van der Waals surface area contributed by atoms with E-state index in [1.54, 1.807) is 0 Å². The van der Waals surface area contributed by atoms with Crippen LogP contribution in [0, 0.1) is 0 Å². The smallest absolute Gasteiger partial charge is 0.0169 e. The third kappa shape index (κ3) is 6.71. The first kappa shape index (κ1) is 11.3. The average molecular weight is 190 g/mol. The van der Waals surface area contributed by atoms with Gasteiger partial charge in [0.1, 0.15) is 0 Å². The molecule has 1 rings (SSSR count). The first-order valence-electron chi connectivity index (χ1n) is 5.95. The fourth-order valence-corrected chi connectivity index (χ4v) is 1.62. The van der Waals surface area contributed by atoms with E-state index >= 15 is 0 Å². The van der Waals surface area contributed by atoms with Crippen LogP contribution >= 0.6 is 0 Å². The Balaban J connectivity index is 2.25. The van der Waals surface area contributed by atoms with Crippen molar-refractivity contribution < 1.29 is 0 Å². The molecule has 78 valence electrons. The van der Waals surface area contributed by atoms with E-state index in [0.29, 0.717) is 0 Å². The van der Waals surface area contributed by atoms with E-state index < -0.39 is 0 Å². The van der Waals surface area contributed by atoms with Gasteiger partial charge in [0.25, 0.3) is 0 Å². The molecule has 0 fully saturated rings. The molecule has 0 saturated heterocycles. The molecule has 0 saturated carbocycles. The second-order valence-corrected chi connectivity index (χ2v) is 3.87. The van der Waals surface area contributed by atoms with Crippen molar-refractivity contribution in [1.82, 2.24) is 0 Å². The number of hydrogen-bond acceptors (Lipinski definition) is 0. The summed E-state index contributed by atoms with van der Waals surface area (Å²) in [6.45, 7) is 0. The van der Waals surface area contributed by atoms with Crippen LogP contribution in [0.15, 0.2) is 36.5 Å². The minimum atomic E-state index is 1.12. The molecule has 0 unspecified atom stereocenters. The van der Waals surface area contributed by atoms with Gasteiger partial charge in [-0.05, 0) is 51.4 Å². The molecule has 0 spiro atoms. The summed E-state index contributed by atoms with van der Waals surface area (Å²) < 4.78 is 0. The lowest BCUT2D eigenvalue weighted by Crippen LogP contribution is -1.75. The summed E-state index contributed by atoms with van der Waals surface area (Å²) in [7, 11) is 0. The molecular formula is C14H22. The van der Waals surface area contributed by atoms with Gasteiger partial charge in [0.05, 0.1) is 0 Å². The van der Waals surface area contributed by atoms with Gasteiger partial charge in [-0.25, -0.2) is 0 Å². The third-order valence-electron chi connectivity index (χ3n) is 2.51. The highest BCUT2D eigenvalue weighted by molar-refractivity contribution is 4.93. The summed E-state index contributed by atoms with van der Waals surface area (Å²) in [5.41, 5.74) is 0. The van der Waals surface area contributed by atoms with E-state index in [4.69, 9.17) is 0 Å². The molecule has 0 aromatic rings. The van der Waals surface area contributed by atoms with Gasteiger partial charge < -0.3 is 0 Å². The Kier molecular flexibility index (Phi) is 7.10. The van der Waals surface area contributed by atoms with Crippen LogP contribution in [-0.2, 0) is 0 Å². The molecule has 0 radical (unpaired) electrons. The fraction of sp³-hybridized carbons (Fsp3) is 0.571. The van der Waals surface area contributed by atoms with E-state index in [-0.39, 0.29) is 0 Å². The lowest BCUT2D eigenvalue weighted by atomic mass is 10.1. The summed E-state index contributed by atoms with van der Waals surface area (Å²) in [5, 5.41) is 0. The molecule has 0 aromatic heterocycles. The van der Waals surface area contributed by atoms with Gasteiger partial charge in [-0.3, -0.25) is 0 Å². The van der Waals surface area contributed by atoms with E-state index in [0.717, 1.165) is 6.42 Å². The quantitative estimate of drug-likeness (QED) is 0.482. The summed E-state index contributed by atoms with van der Waals surface area (Å²) in [4.78, 5) is 0. The van der Waals surface area contributed by atoms with E-state index in [9.17, 15) is 0 Å². The van der Waals surface area contributed by atoms with Crippen molar-refractivity contribution in [2.24, 2.45) is 0 Å². The van der Waals surface area contributed by atoms with E-state index in [1.807, 2.05) is 0 Å². The minimum Gasteiger partial charge on any atom is -0.0885 e. The molecule has 0 bridgehead atoms. The van der Waals surface area contributed by atoms with Crippen LogP contribution in [0.1, 0.15) is 51.4 Å². The Morgan fingerprint density at radius 2 is 0.857 bits per heavy atom. The van der Waals surface area contributed by atoms with Gasteiger partial charge >= 0.3 is 0 Å². The Hall–Kier alpha value is -0.780. The van der Waals surface area contributed by atoms with Crippen LogP contribution in [0.5, 0.6) is 0 Å². The summed E-state index contributed by atoms with van der Waals surface area (Å²) in [6.07, 6.45) is 24.0. The zero-order valence-corrected chi connectivity index (χ0v) is 9.12. The minimum absolute atomic E-state index is 1.12. The largest absolute Gasteiger partial charge is 0.0885 e. The second kappa shape index (κ2) is 8.80. The standard InChI is InChI=1S/C14H22/c1-2-4-6-8-10-12-14-13-11-9-7-5-3-1/h1-2,5,7,10,12H,3-4,6,8-9,11,13-14H2. The van der Waals surface area contributed by atoms with Gasteiger partial charge in [-0.2, -0.15) is 0 Å². The van der Waals surface area contributed by atoms with Gasteiger partial charge in [0, 0.05) is 0 Å².